The highest BCUT2D eigenvalue weighted by atomic mass is 79.9. The van der Waals surface area contributed by atoms with Gasteiger partial charge in [0.1, 0.15) is 5.75 Å². The Hall–Kier alpha value is -3.05. The Morgan fingerprint density at radius 2 is 1.54 bits per heavy atom. The smallest absolute Gasteiger partial charge is 0.269 e. The summed E-state index contributed by atoms with van der Waals surface area (Å²) in [6, 6.07) is 7.99. The van der Waals surface area contributed by atoms with Gasteiger partial charge in [0.2, 0.25) is 5.75 Å². The van der Waals surface area contributed by atoms with E-state index in [2.05, 4.69) is 39.0 Å². The van der Waals surface area contributed by atoms with E-state index < -0.39 is 11.8 Å². The Balaban J connectivity index is 1.91. The van der Waals surface area contributed by atoms with Crippen LogP contribution >= 0.6 is 28.1 Å². The summed E-state index contributed by atoms with van der Waals surface area (Å²) < 4.78 is 22.2. The summed E-state index contributed by atoms with van der Waals surface area (Å²) in [5.41, 5.74) is 5.54. The lowest BCUT2D eigenvalue weighted by Crippen LogP contribution is -2.48. The number of unbranched alkanes of at least 4 members (excludes halogenated alkanes) is 3. The quantitative estimate of drug-likeness (QED) is 0.208. The third kappa shape index (κ3) is 8.29. The number of ether oxygens (including phenoxy) is 4. The van der Waals surface area contributed by atoms with Crippen LogP contribution in [0.2, 0.25) is 0 Å². The Morgan fingerprint density at radius 3 is 2.11 bits per heavy atom. The minimum Gasteiger partial charge on any atom is -0.493 e. The van der Waals surface area contributed by atoms with E-state index in [1.165, 1.54) is 46.3 Å². The molecule has 2 aromatic rings. The molecule has 190 valence electrons. The highest BCUT2D eigenvalue weighted by Gasteiger charge is 2.17. The molecule has 9 nitrogen and oxygen atoms in total. The van der Waals surface area contributed by atoms with Crippen molar-refractivity contribution in [3.63, 3.8) is 0 Å². The van der Waals surface area contributed by atoms with Gasteiger partial charge in [-0.05, 0) is 64.9 Å². The van der Waals surface area contributed by atoms with Gasteiger partial charge in [0.15, 0.2) is 16.6 Å². The molecule has 0 radical (unpaired) electrons. The Morgan fingerprint density at radius 1 is 0.857 bits per heavy atom. The molecule has 3 N–H and O–H groups in total. The Bertz CT molecular complexity index is 1020. The molecule has 0 saturated heterocycles. The average molecular weight is 568 g/mol. The molecule has 2 rings (SSSR count). The van der Waals surface area contributed by atoms with Gasteiger partial charge in [0.25, 0.3) is 11.8 Å². The van der Waals surface area contributed by atoms with Gasteiger partial charge in [-0.2, -0.15) is 0 Å². The Labute approximate surface area is 218 Å². The lowest BCUT2D eigenvalue weighted by molar-refractivity contribution is 0.0934. The van der Waals surface area contributed by atoms with E-state index in [0.717, 1.165) is 12.8 Å². The van der Waals surface area contributed by atoms with Crippen LogP contribution in [0.1, 0.15) is 53.3 Å². The zero-order valence-electron chi connectivity index (χ0n) is 20.2. The summed E-state index contributed by atoms with van der Waals surface area (Å²) in [5, 5.41) is 2.43. The highest BCUT2D eigenvalue weighted by molar-refractivity contribution is 9.10. The maximum atomic E-state index is 12.5. The van der Waals surface area contributed by atoms with E-state index in [-0.39, 0.29) is 10.7 Å². The van der Waals surface area contributed by atoms with E-state index in [1.807, 2.05) is 0 Å². The number of thiocarbonyl (C=S) groups is 1. The van der Waals surface area contributed by atoms with E-state index in [4.69, 9.17) is 31.2 Å². The van der Waals surface area contributed by atoms with Crippen LogP contribution < -0.4 is 35.1 Å². The molecule has 0 spiro atoms. The largest absolute Gasteiger partial charge is 0.493 e. The van der Waals surface area contributed by atoms with E-state index in [0.29, 0.717) is 39.6 Å². The number of amides is 2. The normalized spacial score (nSPS) is 10.2. The number of methoxy groups -OCH3 is 3. The zero-order valence-corrected chi connectivity index (χ0v) is 22.6. The number of hydrogen-bond acceptors (Lipinski definition) is 7. The van der Waals surface area contributed by atoms with Gasteiger partial charge in [-0.3, -0.25) is 25.8 Å². The molecule has 0 aromatic heterocycles. The van der Waals surface area contributed by atoms with Crippen molar-refractivity contribution in [1.82, 2.24) is 16.2 Å². The molecule has 2 amide bonds. The fourth-order valence-corrected chi connectivity index (χ4v) is 3.71. The molecule has 0 aliphatic heterocycles. The number of nitrogens with one attached hydrogen (secondary N) is 3. The fourth-order valence-electron chi connectivity index (χ4n) is 3.07. The monoisotopic (exact) mass is 567 g/mol. The van der Waals surface area contributed by atoms with Gasteiger partial charge in [0.05, 0.1) is 32.4 Å². The molecule has 2 aromatic carbocycles. The van der Waals surface area contributed by atoms with Crippen molar-refractivity contribution in [1.29, 1.82) is 0 Å². The maximum absolute atomic E-state index is 12.5. The van der Waals surface area contributed by atoms with Crippen LogP contribution in [0.5, 0.6) is 23.0 Å². The van der Waals surface area contributed by atoms with Crippen molar-refractivity contribution in [2.75, 3.05) is 27.9 Å². The second-order valence-corrected chi connectivity index (χ2v) is 8.59. The third-order valence-electron chi connectivity index (χ3n) is 4.89. The number of hydrazine groups is 1. The average Bonchev–Trinajstić information content (AvgIpc) is 2.86. The number of carbonyl (C=O) groups excluding carboxylic acids is 2. The van der Waals surface area contributed by atoms with Crippen LogP contribution in [-0.2, 0) is 0 Å². The van der Waals surface area contributed by atoms with Crippen molar-refractivity contribution in [3.8, 4) is 23.0 Å². The van der Waals surface area contributed by atoms with Gasteiger partial charge < -0.3 is 18.9 Å². The number of carbonyl (C=O) groups is 2. The Kier molecular flexibility index (Phi) is 11.6. The van der Waals surface area contributed by atoms with Crippen LogP contribution in [0.15, 0.2) is 34.8 Å². The summed E-state index contributed by atoms with van der Waals surface area (Å²) in [7, 11) is 4.37. The van der Waals surface area contributed by atoms with Gasteiger partial charge in [0, 0.05) is 11.1 Å². The summed E-state index contributed by atoms with van der Waals surface area (Å²) in [6.07, 6.45) is 4.44. The molecule has 11 heteroatoms. The van der Waals surface area contributed by atoms with Crippen molar-refractivity contribution in [3.05, 3.63) is 45.9 Å². The molecule has 0 atom stereocenters. The van der Waals surface area contributed by atoms with Crippen molar-refractivity contribution < 1.29 is 28.5 Å². The molecule has 0 bridgehead atoms. The SMILES string of the molecule is CCCCCCOc1ccc(C(=O)NC(=S)NNC(=O)c2cc(OC)c(OC)c(OC)c2)cc1Br. The van der Waals surface area contributed by atoms with Gasteiger partial charge in [-0.15, -0.1) is 0 Å². The van der Waals surface area contributed by atoms with Gasteiger partial charge >= 0.3 is 0 Å². The first-order valence-electron chi connectivity index (χ1n) is 11.0. The molecule has 0 heterocycles. The molecule has 0 aliphatic carbocycles. The number of halogens is 1. The molecule has 0 saturated carbocycles. The minimum atomic E-state index is -0.524. The van der Waals surface area contributed by atoms with Crippen molar-refractivity contribution in [2.45, 2.75) is 32.6 Å². The topological polar surface area (TPSA) is 107 Å². The molecule has 0 unspecified atom stereocenters. The second kappa shape index (κ2) is 14.4. The minimum absolute atomic E-state index is 0.0804. The number of benzene rings is 2. The van der Waals surface area contributed by atoms with Crippen LogP contribution in [-0.4, -0.2) is 44.9 Å². The lowest BCUT2D eigenvalue weighted by atomic mass is 10.1. The molecule has 0 fully saturated rings. The third-order valence-corrected chi connectivity index (χ3v) is 5.72. The summed E-state index contributed by atoms with van der Waals surface area (Å²) in [6.45, 7) is 2.77. The first-order chi connectivity index (χ1) is 16.8. The van der Waals surface area contributed by atoms with Gasteiger partial charge in [-0.1, -0.05) is 26.2 Å². The molecular formula is C24H30BrN3O6S. The van der Waals surface area contributed by atoms with Crippen LogP contribution in [0.25, 0.3) is 0 Å². The first-order valence-corrected chi connectivity index (χ1v) is 12.2. The van der Waals surface area contributed by atoms with E-state index in [1.54, 1.807) is 18.2 Å². The molecular weight excluding hydrogens is 538 g/mol. The highest BCUT2D eigenvalue weighted by Crippen LogP contribution is 2.38. The van der Waals surface area contributed by atoms with Crippen LogP contribution in [0, 0.1) is 0 Å². The predicted molar refractivity (Wildman–Crippen MR) is 141 cm³/mol. The summed E-state index contributed by atoms with van der Waals surface area (Å²) >= 11 is 8.56. The zero-order chi connectivity index (χ0) is 25.8. The van der Waals surface area contributed by atoms with E-state index >= 15 is 0 Å². The van der Waals surface area contributed by atoms with E-state index in [9.17, 15) is 9.59 Å². The molecule has 0 aliphatic rings. The second-order valence-electron chi connectivity index (χ2n) is 7.33. The van der Waals surface area contributed by atoms with Crippen LogP contribution in [0.3, 0.4) is 0 Å². The lowest BCUT2D eigenvalue weighted by Gasteiger charge is -2.15. The number of hydrogen-bond donors (Lipinski definition) is 3. The van der Waals surface area contributed by atoms with Crippen molar-refractivity contribution >= 4 is 45.1 Å². The number of rotatable bonds is 11. The standard InChI is InChI=1S/C24H30BrN3O6S/c1-5-6-7-8-11-34-18-10-9-15(12-17(18)25)22(29)26-24(35)28-27-23(30)16-13-19(31-2)21(33-4)20(14-16)32-3/h9-10,12-14H,5-8,11H2,1-4H3,(H,27,30)(H2,26,28,29,35). The maximum Gasteiger partial charge on any atom is 0.269 e. The van der Waals surface area contributed by atoms with Gasteiger partial charge in [-0.25, -0.2) is 0 Å². The predicted octanol–water partition coefficient (Wildman–Crippen LogP) is 4.38. The van der Waals surface area contributed by atoms with Crippen LogP contribution in [0.4, 0.5) is 0 Å². The molecule has 35 heavy (non-hydrogen) atoms. The van der Waals surface area contributed by atoms with Crippen molar-refractivity contribution in [2.24, 2.45) is 0 Å². The summed E-state index contributed by atoms with van der Waals surface area (Å²) in [4.78, 5) is 25.1. The fraction of sp³-hybridized carbons (Fsp3) is 0.375. The summed E-state index contributed by atoms with van der Waals surface area (Å²) in [5.74, 6) is 0.708. The first kappa shape index (κ1) is 28.2.